The molecule has 3 heteroatoms. The highest BCUT2D eigenvalue weighted by Gasteiger charge is 2.47. The first kappa shape index (κ1) is 9.85. The number of carbonyl (C=O) groups excluding carboxylic acids is 1. The molecule has 3 nitrogen and oxygen atoms in total. The van der Waals surface area contributed by atoms with Crippen molar-refractivity contribution in [1.29, 1.82) is 0 Å². The van der Waals surface area contributed by atoms with Crippen LogP contribution in [0.3, 0.4) is 0 Å². The van der Waals surface area contributed by atoms with E-state index in [1.165, 1.54) is 22.3 Å². The third-order valence-electron chi connectivity index (χ3n) is 3.93. The molecule has 2 heterocycles. The van der Waals surface area contributed by atoms with E-state index in [0.717, 1.165) is 6.41 Å². The van der Waals surface area contributed by atoms with Crippen LogP contribution in [0.15, 0.2) is 48.5 Å². The summed E-state index contributed by atoms with van der Waals surface area (Å²) in [5.74, 6) is 0. The number of nitrogens with one attached hydrogen (secondary N) is 1. The predicted molar refractivity (Wildman–Crippen MR) is 67.6 cm³/mol. The summed E-state index contributed by atoms with van der Waals surface area (Å²) in [4.78, 5) is 10.8. The standard InChI is InChI=1S/C15H12N2O/c18-9-16-17-14-10-5-1-2-6-11(10)15(17)13-8-4-3-7-12(13)14/h1-9,14-15H,(H,16,18). The van der Waals surface area contributed by atoms with Crippen LogP contribution < -0.4 is 5.43 Å². The molecule has 2 aliphatic rings. The van der Waals surface area contributed by atoms with Crippen LogP contribution >= 0.6 is 0 Å². The molecular weight excluding hydrogens is 224 g/mol. The maximum Gasteiger partial charge on any atom is 0.221 e. The Kier molecular flexibility index (Phi) is 1.88. The smallest absolute Gasteiger partial charge is 0.221 e. The largest absolute Gasteiger partial charge is 0.290 e. The molecule has 2 bridgehead atoms. The number of hydrazine groups is 1. The van der Waals surface area contributed by atoms with Gasteiger partial charge in [-0.25, -0.2) is 0 Å². The van der Waals surface area contributed by atoms with Crippen molar-refractivity contribution in [1.82, 2.24) is 10.4 Å². The lowest BCUT2D eigenvalue weighted by Gasteiger charge is -2.20. The van der Waals surface area contributed by atoms with Gasteiger partial charge in [0, 0.05) is 0 Å². The fourth-order valence-electron chi connectivity index (χ4n) is 3.31. The lowest BCUT2D eigenvalue weighted by atomic mass is 9.86. The lowest BCUT2D eigenvalue weighted by Crippen LogP contribution is -2.34. The van der Waals surface area contributed by atoms with Crippen LogP contribution in [0.4, 0.5) is 0 Å². The molecule has 0 fully saturated rings. The first-order valence-corrected chi connectivity index (χ1v) is 6.07. The normalized spacial score (nSPS) is 23.6. The highest BCUT2D eigenvalue weighted by molar-refractivity contribution is 5.58. The second-order valence-electron chi connectivity index (χ2n) is 4.72. The highest BCUT2D eigenvalue weighted by Crippen LogP contribution is 2.54. The molecule has 0 atom stereocenters. The average Bonchev–Trinajstić information content (AvgIpc) is 2.90. The Morgan fingerprint density at radius 2 is 1.22 bits per heavy atom. The van der Waals surface area contributed by atoms with Gasteiger partial charge in [0.25, 0.3) is 0 Å². The van der Waals surface area contributed by atoms with E-state index in [9.17, 15) is 4.79 Å². The number of rotatable bonds is 2. The third-order valence-corrected chi connectivity index (χ3v) is 3.93. The molecule has 1 N–H and O–H groups in total. The van der Waals surface area contributed by atoms with Crippen molar-refractivity contribution in [3.05, 3.63) is 70.8 Å². The van der Waals surface area contributed by atoms with E-state index < -0.39 is 0 Å². The summed E-state index contributed by atoms with van der Waals surface area (Å²) in [6.45, 7) is 0. The van der Waals surface area contributed by atoms with Crippen molar-refractivity contribution in [2.75, 3.05) is 0 Å². The molecule has 0 aromatic heterocycles. The first-order chi connectivity index (χ1) is 8.92. The number of carbonyl (C=O) groups is 1. The van der Waals surface area contributed by atoms with Gasteiger partial charge in [0.15, 0.2) is 0 Å². The molecule has 0 radical (unpaired) electrons. The fourth-order valence-corrected chi connectivity index (χ4v) is 3.31. The van der Waals surface area contributed by atoms with Crippen molar-refractivity contribution in [2.45, 2.75) is 12.1 Å². The van der Waals surface area contributed by atoms with Crippen molar-refractivity contribution in [3.63, 3.8) is 0 Å². The molecule has 2 aliphatic heterocycles. The van der Waals surface area contributed by atoms with Crippen molar-refractivity contribution >= 4 is 6.41 Å². The molecule has 2 aromatic rings. The maximum atomic E-state index is 10.8. The number of hydrogen-bond acceptors (Lipinski definition) is 2. The molecule has 1 amide bonds. The molecule has 0 saturated carbocycles. The second kappa shape index (κ2) is 3.43. The average molecular weight is 236 g/mol. The maximum absolute atomic E-state index is 10.8. The molecule has 88 valence electrons. The van der Waals surface area contributed by atoms with Gasteiger partial charge in [-0.05, 0) is 22.3 Å². The van der Waals surface area contributed by atoms with Gasteiger partial charge in [-0.2, -0.15) is 5.01 Å². The first-order valence-electron chi connectivity index (χ1n) is 6.07. The van der Waals surface area contributed by atoms with Gasteiger partial charge in [-0.15, -0.1) is 0 Å². The van der Waals surface area contributed by atoms with Crippen LogP contribution in [0.25, 0.3) is 0 Å². The number of hydrogen-bond donors (Lipinski definition) is 1. The molecule has 0 unspecified atom stereocenters. The minimum absolute atomic E-state index is 0.160. The Balaban J connectivity index is 1.96. The topological polar surface area (TPSA) is 32.3 Å². The number of amides is 1. The highest BCUT2D eigenvalue weighted by atomic mass is 16.1. The van der Waals surface area contributed by atoms with Gasteiger partial charge in [0.05, 0.1) is 12.1 Å². The SMILES string of the molecule is O=CNN1C2c3ccccc3C1c1ccccc12. The Hall–Kier alpha value is -2.13. The van der Waals surface area contributed by atoms with Crippen LogP contribution in [0.5, 0.6) is 0 Å². The molecule has 0 spiro atoms. The number of fused-ring (bicyclic) bond motifs is 8. The minimum atomic E-state index is 0.160. The van der Waals surface area contributed by atoms with Gasteiger partial charge in [-0.3, -0.25) is 10.2 Å². The van der Waals surface area contributed by atoms with Crippen molar-refractivity contribution in [2.24, 2.45) is 0 Å². The zero-order valence-electron chi connectivity index (χ0n) is 9.71. The molecule has 18 heavy (non-hydrogen) atoms. The van der Waals surface area contributed by atoms with Crippen molar-refractivity contribution < 1.29 is 4.79 Å². The van der Waals surface area contributed by atoms with E-state index in [-0.39, 0.29) is 12.1 Å². The van der Waals surface area contributed by atoms with E-state index >= 15 is 0 Å². The Bertz CT molecular complexity index is 540. The molecule has 4 rings (SSSR count). The second-order valence-corrected chi connectivity index (χ2v) is 4.72. The molecule has 0 saturated heterocycles. The summed E-state index contributed by atoms with van der Waals surface area (Å²) < 4.78 is 0. The quantitative estimate of drug-likeness (QED) is 0.810. The third kappa shape index (κ3) is 1.05. The lowest BCUT2D eigenvalue weighted by molar-refractivity contribution is -0.114. The number of nitrogens with zero attached hydrogens (tertiary/aromatic N) is 1. The summed E-state index contributed by atoms with van der Waals surface area (Å²) in [5, 5.41) is 2.04. The Morgan fingerprint density at radius 1 is 0.833 bits per heavy atom. The van der Waals surface area contributed by atoms with E-state index in [0.29, 0.717) is 0 Å². The van der Waals surface area contributed by atoms with E-state index in [4.69, 9.17) is 0 Å². The van der Waals surface area contributed by atoms with Crippen molar-refractivity contribution in [3.8, 4) is 0 Å². The van der Waals surface area contributed by atoms with Gasteiger partial charge in [0.1, 0.15) is 0 Å². The van der Waals surface area contributed by atoms with Crippen LogP contribution in [0, 0.1) is 0 Å². The summed E-state index contributed by atoms with van der Waals surface area (Å²) >= 11 is 0. The molecule has 2 aromatic carbocycles. The van der Waals surface area contributed by atoms with Gasteiger partial charge in [0.2, 0.25) is 6.41 Å². The van der Waals surface area contributed by atoms with Gasteiger partial charge >= 0.3 is 0 Å². The van der Waals surface area contributed by atoms with E-state index in [2.05, 4.69) is 54.0 Å². The molecule has 0 aliphatic carbocycles. The van der Waals surface area contributed by atoms with E-state index in [1.807, 2.05) is 5.01 Å². The monoisotopic (exact) mass is 236 g/mol. The fraction of sp³-hybridized carbons (Fsp3) is 0.133. The van der Waals surface area contributed by atoms with Crippen LogP contribution in [0.1, 0.15) is 34.3 Å². The zero-order valence-corrected chi connectivity index (χ0v) is 9.71. The summed E-state index contributed by atoms with van der Waals surface area (Å²) in [6.07, 6.45) is 0.762. The summed E-state index contributed by atoms with van der Waals surface area (Å²) in [6, 6.07) is 17.1. The van der Waals surface area contributed by atoms with Gasteiger partial charge < -0.3 is 0 Å². The number of benzene rings is 2. The predicted octanol–water partition coefficient (Wildman–Crippen LogP) is 2.16. The molecular formula is C15H12N2O. The Morgan fingerprint density at radius 3 is 1.56 bits per heavy atom. The van der Waals surface area contributed by atoms with Crippen LogP contribution in [-0.4, -0.2) is 11.4 Å². The summed E-state index contributed by atoms with van der Waals surface area (Å²) in [5.41, 5.74) is 8.06. The van der Waals surface area contributed by atoms with Crippen LogP contribution in [0.2, 0.25) is 0 Å². The van der Waals surface area contributed by atoms with Gasteiger partial charge in [-0.1, -0.05) is 48.5 Å². The zero-order chi connectivity index (χ0) is 12.1. The minimum Gasteiger partial charge on any atom is -0.290 e. The van der Waals surface area contributed by atoms with Crippen LogP contribution in [-0.2, 0) is 4.79 Å². The Labute approximate surface area is 105 Å². The summed E-state index contributed by atoms with van der Waals surface area (Å²) in [7, 11) is 0. The van der Waals surface area contributed by atoms with E-state index in [1.54, 1.807) is 0 Å².